The minimum absolute atomic E-state index is 0.154. The molecule has 33 heavy (non-hydrogen) atoms. The molecule has 9 heteroatoms. The molecule has 1 amide bonds. The molecule has 1 aliphatic rings. The molecular formula is C24H21ClN2O5S. The first-order valence-electron chi connectivity index (χ1n) is 10.2. The summed E-state index contributed by atoms with van der Waals surface area (Å²) in [7, 11) is -2.50. The number of amides is 1. The van der Waals surface area contributed by atoms with Gasteiger partial charge in [0.25, 0.3) is 15.9 Å². The molecule has 1 heterocycles. The smallest absolute Gasteiger partial charge is 0.339 e. The van der Waals surface area contributed by atoms with Gasteiger partial charge in [0.15, 0.2) is 0 Å². The number of anilines is 2. The summed E-state index contributed by atoms with van der Waals surface area (Å²) >= 11 is 5.90. The van der Waals surface area contributed by atoms with Crippen molar-refractivity contribution in [1.29, 1.82) is 0 Å². The molecule has 0 atom stereocenters. The SMILES string of the molecule is COC(=O)c1ccccc1NC(=O)c1ccc2c(c1)CCCN2S(=O)(=O)c1ccc(Cl)cc1. The number of benzene rings is 3. The first kappa shape index (κ1) is 22.8. The van der Waals surface area contributed by atoms with Crippen LogP contribution in [0.1, 0.15) is 32.7 Å². The van der Waals surface area contributed by atoms with Gasteiger partial charge in [-0.25, -0.2) is 13.2 Å². The number of aryl methyl sites for hydroxylation is 1. The zero-order chi connectivity index (χ0) is 23.6. The first-order valence-corrected chi connectivity index (χ1v) is 12.0. The molecular weight excluding hydrogens is 464 g/mol. The van der Waals surface area contributed by atoms with E-state index in [2.05, 4.69) is 5.32 Å². The number of sulfonamides is 1. The Hall–Kier alpha value is -3.36. The standard InChI is InChI=1S/C24H21ClN2O5S/c1-32-24(29)20-6-2-3-7-21(20)26-23(28)17-8-13-22-16(15-17)5-4-14-27(22)33(30,31)19-11-9-18(25)10-12-19/h2-3,6-13,15H,4-5,14H2,1H3,(H,26,28). The van der Waals surface area contributed by atoms with Crippen LogP contribution in [-0.2, 0) is 21.2 Å². The van der Waals surface area contributed by atoms with Gasteiger partial charge in [-0.05, 0) is 73.0 Å². The molecule has 170 valence electrons. The van der Waals surface area contributed by atoms with E-state index in [0.29, 0.717) is 41.3 Å². The molecule has 0 bridgehead atoms. The zero-order valence-electron chi connectivity index (χ0n) is 17.7. The van der Waals surface area contributed by atoms with Crippen molar-refractivity contribution in [2.24, 2.45) is 0 Å². The average Bonchev–Trinajstić information content (AvgIpc) is 2.83. The molecule has 0 saturated carbocycles. The Bertz CT molecular complexity index is 1320. The summed E-state index contributed by atoms with van der Waals surface area (Å²) in [6, 6.07) is 17.5. The molecule has 1 N–H and O–H groups in total. The third kappa shape index (κ3) is 4.58. The van der Waals surface area contributed by atoms with E-state index in [-0.39, 0.29) is 10.5 Å². The van der Waals surface area contributed by atoms with Gasteiger partial charge in [0.2, 0.25) is 0 Å². The average molecular weight is 485 g/mol. The maximum absolute atomic E-state index is 13.2. The van der Waals surface area contributed by atoms with Gasteiger partial charge in [0.1, 0.15) is 0 Å². The Morgan fingerprint density at radius 1 is 1.03 bits per heavy atom. The fourth-order valence-electron chi connectivity index (χ4n) is 3.76. The van der Waals surface area contributed by atoms with E-state index in [1.54, 1.807) is 54.6 Å². The maximum Gasteiger partial charge on any atom is 0.339 e. The van der Waals surface area contributed by atoms with Crippen LogP contribution in [0.5, 0.6) is 0 Å². The Balaban J connectivity index is 1.62. The molecule has 0 fully saturated rings. The number of hydrogen-bond acceptors (Lipinski definition) is 5. The van der Waals surface area contributed by atoms with E-state index >= 15 is 0 Å². The van der Waals surface area contributed by atoms with Crippen molar-refractivity contribution >= 4 is 44.9 Å². The Morgan fingerprint density at radius 3 is 2.48 bits per heavy atom. The number of nitrogens with one attached hydrogen (secondary N) is 1. The van der Waals surface area contributed by atoms with Crippen LogP contribution in [0.4, 0.5) is 11.4 Å². The normalized spacial score (nSPS) is 13.2. The number of rotatable bonds is 5. The third-order valence-corrected chi connectivity index (χ3v) is 7.48. The lowest BCUT2D eigenvalue weighted by Crippen LogP contribution is -2.35. The van der Waals surface area contributed by atoms with Crippen molar-refractivity contribution in [2.45, 2.75) is 17.7 Å². The lowest BCUT2D eigenvalue weighted by molar-refractivity contribution is 0.0602. The zero-order valence-corrected chi connectivity index (χ0v) is 19.3. The molecule has 3 aromatic carbocycles. The van der Waals surface area contributed by atoms with Crippen LogP contribution >= 0.6 is 11.6 Å². The highest BCUT2D eigenvalue weighted by Crippen LogP contribution is 2.33. The number of esters is 1. The first-order chi connectivity index (χ1) is 15.8. The molecule has 0 saturated heterocycles. The van der Waals surface area contributed by atoms with Gasteiger partial charge in [-0.2, -0.15) is 0 Å². The largest absolute Gasteiger partial charge is 0.465 e. The summed E-state index contributed by atoms with van der Waals surface area (Å²) in [5, 5.41) is 3.19. The summed E-state index contributed by atoms with van der Waals surface area (Å²) in [5.74, 6) is -0.966. The number of ether oxygens (including phenoxy) is 1. The Labute approximate surface area is 197 Å². The number of para-hydroxylation sites is 1. The molecule has 4 rings (SSSR count). The van der Waals surface area contributed by atoms with Crippen LogP contribution in [0.25, 0.3) is 0 Å². The molecule has 3 aromatic rings. The van der Waals surface area contributed by atoms with Crippen LogP contribution in [0.15, 0.2) is 71.6 Å². The topological polar surface area (TPSA) is 92.8 Å². The maximum atomic E-state index is 13.2. The van der Waals surface area contributed by atoms with Crippen LogP contribution in [0.3, 0.4) is 0 Å². The number of halogens is 1. The predicted octanol–water partition coefficient (Wildman–Crippen LogP) is 4.52. The lowest BCUT2D eigenvalue weighted by Gasteiger charge is -2.30. The van der Waals surface area contributed by atoms with Crippen molar-refractivity contribution in [2.75, 3.05) is 23.3 Å². The fraction of sp³-hybridized carbons (Fsp3) is 0.167. The van der Waals surface area contributed by atoms with Gasteiger partial charge in [-0.1, -0.05) is 23.7 Å². The number of nitrogens with zero attached hydrogens (tertiary/aromatic N) is 1. The van der Waals surface area contributed by atoms with Crippen LogP contribution in [0.2, 0.25) is 5.02 Å². The molecule has 0 unspecified atom stereocenters. The number of carbonyl (C=O) groups is 2. The Kier molecular flexibility index (Phi) is 6.40. The summed E-state index contributed by atoms with van der Waals surface area (Å²) in [4.78, 5) is 25.0. The minimum Gasteiger partial charge on any atom is -0.465 e. The minimum atomic E-state index is -3.77. The molecule has 0 spiro atoms. The van der Waals surface area contributed by atoms with Gasteiger partial charge >= 0.3 is 5.97 Å². The predicted molar refractivity (Wildman–Crippen MR) is 126 cm³/mol. The van der Waals surface area contributed by atoms with E-state index in [0.717, 1.165) is 5.56 Å². The highest BCUT2D eigenvalue weighted by atomic mass is 35.5. The monoisotopic (exact) mass is 484 g/mol. The van der Waals surface area contributed by atoms with Gasteiger partial charge < -0.3 is 10.1 Å². The molecule has 7 nitrogen and oxygen atoms in total. The van der Waals surface area contributed by atoms with Gasteiger partial charge in [-0.15, -0.1) is 0 Å². The second kappa shape index (κ2) is 9.25. The van der Waals surface area contributed by atoms with Crippen molar-refractivity contribution in [1.82, 2.24) is 0 Å². The van der Waals surface area contributed by atoms with E-state index in [4.69, 9.17) is 16.3 Å². The summed E-state index contributed by atoms with van der Waals surface area (Å²) in [6.45, 7) is 0.343. The molecule has 0 radical (unpaired) electrons. The highest BCUT2D eigenvalue weighted by molar-refractivity contribution is 7.92. The van der Waals surface area contributed by atoms with Gasteiger partial charge in [0.05, 0.1) is 28.9 Å². The van der Waals surface area contributed by atoms with Crippen LogP contribution in [0, 0.1) is 0 Å². The number of methoxy groups -OCH3 is 1. The van der Waals surface area contributed by atoms with Gasteiger partial charge in [0, 0.05) is 17.1 Å². The molecule has 1 aliphatic heterocycles. The number of hydrogen-bond donors (Lipinski definition) is 1. The lowest BCUT2D eigenvalue weighted by atomic mass is 10.0. The van der Waals surface area contributed by atoms with Crippen LogP contribution < -0.4 is 9.62 Å². The van der Waals surface area contributed by atoms with E-state index in [1.807, 2.05) is 0 Å². The summed E-state index contributed by atoms with van der Waals surface area (Å²) < 4.78 is 32.6. The third-order valence-electron chi connectivity index (χ3n) is 5.40. The van der Waals surface area contributed by atoms with Crippen molar-refractivity contribution in [3.05, 3.63) is 88.4 Å². The van der Waals surface area contributed by atoms with E-state index in [1.165, 1.54) is 23.5 Å². The second-order valence-corrected chi connectivity index (χ2v) is 9.77. The van der Waals surface area contributed by atoms with Gasteiger partial charge in [-0.3, -0.25) is 9.10 Å². The molecule has 0 aromatic heterocycles. The quantitative estimate of drug-likeness (QED) is 0.537. The summed E-state index contributed by atoms with van der Waals surface area (Å²) in [5.41, 5.74) is 2.24. The van der Waals surface area contributed by atoms with Crippen molar-refractivity contribution in [3.63, 3.8) is 0 Å². The number of fused-ring (bicyclic) bond motifs is 1. The van der Waals surface area contributed by atoms with E-state index < -0.39 is 21.9 Å². The Morgan fingerprint density at radius 2 is 1.76 bits per heavy atom. The highest BCUT2D eigenvalue weighted by Gasteiger charge is 2.29. The van der Waals surface area contributed by atoms with Crippen molar-refractivity contribution in [3.8, 4) is 0 Å². The molecule has 0 aliphatic carbocycles. The van der Waals surface area contributed by atoms with Crippen LogP contribution in [-0.4, -0.2) is 33.9 Å². The second-order valence-electron chi connectivity index (χ2n) is 7.47. The number of carbonyl (C=O) groups excluding carboxylic acids is 2. The van der Waals surface area contributed by atoms with Crippen molar-refractivity contribution < 1.29 is 22.7 Å². The fourth-order valence-corrected chi connectivity index (χ4v) is 5.43. The summed E-state index contributed by atoms with van der Waals surface area (Å²) in [6.07, 6.45) is 1.26. The van der Waals surface area contributed by atoms with E-state index in [9.17, 15) is 18.0 Å².